The molecule has 2 aliphatic heterocycles. The predicted octanol–water partition coefficient (Wildman–Crippen LogP) is 3.83. The van der Waals surface area contributed by atoms with Gasteiger partial charge in [-0.25, -0.2) is 4.98 Å². The first kappa shape index (κ1) is 26.8. The molecule has 5 heterocycles. The van der Waals surface area contributed by atoms with Crippen LogP contribution in [0.1, 0.15) is 58.8 Å². The Hall–Kier alpha value is -4.37. The fourth-order valence-corrected chi connectivity index (χ4v) is 6.17. The summed E-state index contributed by atoms with van der Waals surface area (Å²) in [4.78, 5) is 49.7. The van der Waals surface area contributed by atoms with Gasteiger partial charge in [0.15, 0.2) is 0 Å². The van der Waals surface area contributed by atoms with Crippen molar-refractivity contribution in [2.45, 2.75) is 50.7 Å². The Bertz CT molecular complexity index is 1580. The zero-order chi connectivity index (χ0) is 28.3. The van der Waals surface area contributed by atoms with E-state index in [9.17, 15) is 14.4 Å². The molecule has 0 aliphatic carbocycles. The third kappa shape index (κ3) is 5.50. The van der Waals surface area contributed by atoms with Gasteiger partial charge in [-0.05, 0) is 79.2 Å². The topological polar surface area (TPSA) is 99.9 Å². The minimum absolute atomic E-state index is 0.138. The Morgan fingerprint density at radius 3 is 2.76 bits per heavy atom. The smallest absolute Gasteiger partial charge is 0.255 e. The number of nitrogens with one attached hydrogen (secondary N) is 1. The van der Waals surface area contributed by atoms with Crippen molar-refractivity contribution in [3.8, 4) is 11.1 Å². The van der Waals surface area contributed by atoms with Crippen LogP contribution in [0.5, 0.6) is 0 Å². The number of nitrogens with zero attached hydrogens (tertiary/aromatic N) is 5. The Balaban J connectivity index is 1.09. The normalized spacial score (nSPS) is 16.6. The van der Waals surface area contributed by atoms with Crippen molar-refractivity contribution >= 4 is 23.7 Å². The van der Waals surface area contributed by atoms with Gasteiger partial charge in [-0.2, -0.15) is 0 Å². The number of aldehydes is 1. The first-order chi connectivity index (χ1) is 20.0. The highest BCUT2D eigenvalue weighted by atomic mass is 16.2. The number of carbonyl (C=O) groups excluding carboxylic acids is 3. The molecule has 9 heteroatoms. The highest BCUT2D eigenvalue weighted by Gasteiger charge is 2.36. The molecule has 1 atom stereocenters. The lowest BCUT2D eigenvalue weighted by molar-refractivity contribution is -0.125. The number of carbonyl (C=O) groups is 3. The molecule has 1 fully saturated rings. The molecule has 0 saturated carbocycles. The summed E-state index contributed by atoms with van der Waals surface area (Å²) >= 11 is 0. The summed E-state index contributed by atoms with van der Waals surface area (Å²) < 4.78 is 2.07. The maximum Gasteiger partial charge on any atom is 0.255 e. The molecule has 2 aliphatic rings. The summed E-state index contributed by atoms with van der Waals surface area (Å²) in [5.41, 5.74) is 7.04. The molecule has 0 bridgehead atoms. The second-order valence-electron chi connectivity index (χ2n) is 10.9. The molecule has 1 unspecified atom stereocenters. The van der Waals surface area contributed by atoms with Crippen molar-refractivity contribution in [3.63, 3.8) is 0 Å². The quantitative estimate of drug-likeness (QED) is 0.318. The molecule has 1 saturated heterocycles. The monoisotopic (exact) mass is 550 g/mol. The molecule has 0 radical (unpaired) electrons. The molecule has 2 amide bonds. The van der Waals surface area contributed by atoms with Crippen LogP contribution < -0.4 is 5.32 Å². The molecule has 210 valence electrons. The van der Waals surface area contributed by atoms with Gasteiger partial charge in [-0.15, -0.1) is 0 Å². The van der Waals surface area contributed by atoms with E-state index >= 15 is 0 Å². The van der Waals surface area contributed by atoms with Crippen LogP contribution in [0.4, 0.5) is 0 Å². The second kappa shape index (κ2) is 11.6. The van der Waals surface area contributed by atoms with Crippen molar-refractivity contribution in [1.82, 2.24) is 29.5 Å². The van der Waals surface area contributed by atoms with Gasteiger partial charge < -0.3 is 19.4 Å². The Kier molecular flexibility index (Phi) is 7.61. The lowest BCUT2D eigenvalue weighted by atomic mass is 9.88. The van der Waals surface area contributed by atoms with Gasteiger partial charge in [0, 0.05) is 62.5 Å². The number of pyridine rings is 2. The maximum atomic E-state index is 13.1. The van der Waals surface area contributed by atoms with Gasteiger partial charge in [-0.1, -0.05) is 18.2 Å². The number of likely N-dealkylation sites (tertiary alicyclic amines) is 1. The van der Waals surface area contributed by atoms with E-state index in [4.69, 9.17) is 4.98 Å². The molecule has 1 aromatic carbocycles. The minimum Gasteiger partial charge on any atom is -0.357 e. The average Bonchev–Trinajstić information content (AvgIpc) is 3.57. The standard InChI is InChI=1S/C32H34N6O3/c1-33-31(40)29(5-3-15-39)38-19-26-16-23(6-7-28(26)32(38)41)22-8-12-36(13-9-22)20-27-21-37-14-10-24(17-30(37)35-27)25-4-2-11-34-18-25/h2,4,6-7,10-11,14-18,21-22,29H,3,5,8-9,12-13,19-20H2,1H3,(H,33,40). The van der Waals surface area contributed by atoms with E-state index in [1.807, 2.05) is 18.3 Å². The van der Waals surface area contributed by atoms with Crippen molar-refractivity contribution in [1.29, 1.82) is 0 Å². The van der Waals surface area contributed by atoms with Crippen LogP contribution in [-0.4, -0.2) is 68.4 Å². The van der Waals surface area contributed by atoms with E-state index in [0.717, 1.165) is 66.8 Å². The summed E-state index contributed by atoms with van der Waals surface area (Å²) in [5, 5.41) is 2.64. The van der Waals surface area contributed by atoms with E-state index in [1.54, 1.807) is 18.1 Å². The van der Waals surface area contributed by atoms with Crippen LogP contribution in [0.25, 0.3) is 16.8 Å². The van der Waals surface area contributed by atoms with E-state index in [0.29, 0.717) is 24.4 Å². The largest absolute Gasteiger partial charge is 0.357 e. The van der Waals surface area contributed by atoms with Crippen molar-refractivity contribution in [2.24, 2.45) is 0 Å². The molecule has 6 rings (SSSR count). The number of piperidine rings is 1. The number of hydrogen-bond acceptors (Lipinski definition) is 6. The molecule has 1 N–H and O–H groups in total. The zero-order valence-corrected chi connectivity index (χ0v) is 23.2. The molecule has 0 spiro atoms. The van der Waals surface area contributed by atoms with Gasteiger partial charge in [0.25, 0.3) is 5.91 Å². The molecular formula is C32H34N6O3. The zero-order valence-electron chi connectivity index (χ0n) is 23.2. The summed E-state index contributed by atoms with van der Waals surface area (Å²) in [5.74, 6) is 0.0506. The molecule has 41 heavy (non-hydrogen) atoms. The second-order valence-corrected chi connectivity index (χ2v) is 10.9. The Morgan fingerprint density at radius 2 is 2.00 bits per heavy atom. The van der Waals surface area contributed by atoms with E-state index < -0.39 is 6.04 Å². The summed E-state index contributed by atoms with van der Waals surface area (Å²) in [6.07, 6.45) is 11.2. The molecule has 9 nitrogen and oxygen atoms in total. The first-order valence-corrected chi connectivity index (χ1v) is 14.2. The Morgan fingerprint density at radius 1 is 1.15 bits per heavy atom. The van der Waals surface area contributed by atoms with E-state index in [2.05, 4.69) is 62.3 Å². The number of imidazole rings is 1. The van der Waals surface area contributed by atoms with Gasteiger partial charge in [-0.3, -0.25) is 19.5 Å². The average molecular weight is 551 g/mol. The highest BCUT2D eigenvalue weighted by Crippen LogP contribution is 2.33. The number of aromatic nitrogens is 3. The number of hydrogen-bond donors (Lipinski definition) is 1. The third-order valence-corrected chi connectivity index (χ3v) is 8.39. The molecular weight excluding hydrogens is 516 g/mol. The van der Waals surface area contributed by atoms with Crippen LogP contribution in [0.3, 0.4) is 0 Å². The molecule has 4 aromatic rings. The summed E-state index contributed by atoms with van der Waals surface area (Å²) in [7, 11) is 1.56. The number of likely N-dealkylation sites (N-methyl/N-ethyl adjacent to an activating group) is 1. The summed E-state index contributed by atoms with van der Waals surface area (Å²) in [6, 6.07) is 13.7. The van der Waals surface area contributed by atoms with Gasteiger partial charge in [0.1, 0.15) is 18.0 Å². The lowest BCUT2D eigenvalue weighted by Gasteiger charge is -2.31. The van der Waals surface area contributed by atoms with Crippen LogP contribution in [0.15, 0.2) is 67.3 Å². The number of fused-ring (bicyclic) bond motifs is 2. The fourth-order valence-electron chi connectivity index (χ4n) is 6.17. The van der Waals surface area contributed by atoms with Crippen LogP contribution in [0, 0.1) is 0 Å². The van der Waals surface area contributed by atoms with Crippen LogP contribution >= 0.6 is 0 Å². The van der Waals surface area contributed by atoms with Crippen molar-refractivity contribution < 1.29 is 14.4 Å². The fraction of sp³-hybridized carbons (Fsp3) is 0.344. The SMILES string of the molecule is CNC(=O)C(CCC=O)N1Cc2cc(C3CCN(Cc4cn5ccc(-c6cccnc6)cc5n4)CC3)ccc2C1=O. The van der Waals surface area contributed by atoms with E-state index in [-0.39, 0.29) is 18.2 Å². The van der Waals surface area contributed by atoms with Gasteiger partial charge in [0.05, 0.1) is 5.69 Å². The van der Waals surface area contributed by atoms with Crippen molar-refractivity contribution in [3.05, 3.63) is 89.6 Å². The van der Waals surface area contributed by atoms with Crippen molar-refractivity contribution in [2.75, 3.05) is 20.1 Å². The number of rotatable bonds is 9. The predicted molar refractivity (Wildman–Crippen MR) is 155 cm³/mol. The van der Waals surface area contributed by atoms with Gasteiger partial charge in [0.2, 0.25) is 5.91 Å². The first-order valence-electron chi connectivity index (χ1n) is 14.2. The highest BCUT2D eigenvalue weighted by molar-refractivity contribution is 6.01. The number of benzene rings is 1. The number of amides is 2. The Labute approximate surface area is 239 Å². The molecule has 3 aromatic heterocycles. The maximum absolute atomic E-state index is 13.1. The van der Waals surface area contributed by atoms with Crippen LogP contribution in [-0.2, 0) is 22.7 Å². The van der Waals surface area contributed by atoms with E-state index in [1.165, 1.54) is 5.56 Å². The third-order valence-electron chi connectivity index (χ3n) is 8.39. The van der Waals surface area contributed by atoms with Crippen LogP contribution in [0.2, 0.25) is 0 Å². The summed E-state index contributed by atoms with van der Waals surface area (Å²) in [6.45, 7) is 3.16. The van der Waals surface area contributed by atoms with Gasteiger partial charge >= 0.3 is 0 Å². The minimum atomic E-state index is -0.640. The lowest BCUT2D eigenvalue weighted by Crippen LogP contribution is -2.46.